The van der Waals surface area contributed by atoms with Gasteiger partial charge in [0.1, 0.15) is 5.82 Å². The van der Waals surface area contributed by atoms with Gasteiger partial charge in [0.2, 0.25) is 0 Å². The molecule has 2 N–H and O–H groups in total. The Hall–Kier alpha value is -2.93. The lowest BCUT2D eigenvalue weighted by atomic mass is 10.2. The third kappa shape index (κ3) is 4.08. The van der Waals surface area contributed by atoms with E-state index >= 15 is 0 Å². The fourth-order valence-electron chi connectivity index (χ4n) is 2.12. The van der Waals surface area contributed by atoms with E-state index in [9.17, 15) is 8.42 Å². The van der Waals surface area contributed by atoms with Crippen LogP contribution in [0.3, 0.4) is 0 Å². The van der Waals surface area contributed by atoms with Gasteiger partial charge in [-0.2, -0.15) is 5.10 Å². The Morgan fingerprint density at radius 3 is 2.58 bits per heavy atom. The van der Waals surface area contributed by atoms with E-state index in [1.807, 2.05) is 36.4 Å². The van der Waals surface area contributed by atoms with Gasteiger partial charge in [0.05, 0.1) is 5.41 Å². The molecule has 0 atom stereocenters. The molecule has 0 amide bonds. The van der Waals surface area contributed by atoms with Gasteiger partial charge in [0, 0.05) is 11.3 Å². The highest BCUT2D eigenvalue weighted by atomic mass is 32.2. The number of H-pyrrole nitrogens is 1. The summed E-state index contributed by atoms with van der Waals surface area (Å²) in [5.74, 6) is 1.22. The van der Waals surface area contributed by atoms with Gasteiger partial charge in [-0.05, 0) is 30.7 Å². The molecule has 0 saturated carbocycles. The number of aromatic nitrogens is 3. The van der Waals surface area contributed by atoms with Crippen molar-refractivity contribution in [1.82, 2.24) is 15.2 Å². The molecule has 6 nitrogen and oxygen atoms in total. The summed E-state index contributed by atoms with van der Waals surface area (Å²) in [5.41, 5.74) is 1.99. The van der Waals surface area contributed by atoms with Crippen molar-refractivity contribution in [2.45, 2.75) is 6.92 Å². The number of benzene rings is 2. The number of aryl methyl sites for hydroxylation is 1. The summed E-state index contributed by atoms with van der Waals surface area (Å²) in [7, 11) is -3.61. The maximum absolute atomic E-state index is 12.2. The van der Waals surface area contributed by atoms with Crippen LogP contribution in [0.25, 0.3) is 17.5 Å². The van der Waals surface area contributed by atoms with Gasteiger partial charge in [-0.25, -0.2) is 13.4 Å². The van der Waals surface area contributed by atoms with Gasteiger partial charge in [-0.15, -0.1) is 0 Å². The quantitative estimate of drug-likeness (QED) is 0.746. The Kier molecular flexibility index (Phi) is 4.43. The van der Waals surface area contributed by atoms with Crippen LogP contribution in [0.1, 0.15) is 11.4 Å². The Balaban J connectivity index is 1.79. The van der Waals surface area contributed by atoms with Crippen molar-refractivity contribution in [3.63, 3.8) is 0 Å². The molecule has 3 rings (SSSR count). The lowest BCUT2D eigenvalue weighted by molar-refractivity contribution is 0.609. The van der Waals surface area contributed by atoms with E-state index in [0.29, 0.717) is 17.3 Å². The Morgan fingerprint density at radius 1 is 1.08 bits per heavy atom. The van der Waals surface area contributed by atoms with E-state index in [1.54, 1.807) is 31.2 Å². The molecular weight excluding hydrogens is 324 g/mol. The van der Waals surface area contributed by atoms with E-state index in [-0.39, 0.29) is 0 Å². The maximum atomic E-state index is 12.2. The molecule has 122 valence electrons. The normalized spacial score (nSPS) is 11.7. The van der Waals surface area contributed by atoms with Crippen molar-refractivity contribution < 1.29 is 8.42 Å². The van der Waals surface area contributed by atoms with Crippen LogP contribution in [0, 0.1) is 6.92 Å². The zero-order chi connectivity index (χ0) is 17.0. The number of nitrogens with zero attached hydrogens (tertiary/aromatic N) is 2. The molecule has 0 aliphatic carbocycles. The molecule has 3 aromatic rings. The molecule has 0 spiro atoms. The lowest BCUT2D eigenvalue weighted by Gasteiger charge is -2.05. The van der Waals surface area contributed by atoms with E-state index in [4.69, 9.17) is 0 Å². The van der Waals surface area contributed by atoms with Crippen LogP contribution in [0.15, 0.2) is 60.0 Å². The van der Waals surface area contributed by atoms with E-state index in [1.165, 1.54) is 0 Å². The summed E-state index contributed by atoms with van der Waals surface area (Å²) < 4.78 is 26.9. The zero-order valence-corrected chi connectivity index (χ0v) is 13.8. The molecule has 0 radical (unpaired) electrons. The topological polar surface area (TPSA) is 87.7 Å². The number of sulfonamides is 1. The van der Waals surface area contributed by atoms with Crippen LogP contribution < -0.4 is 4.72 Å². The fraction of sp³-hybridized carbons (Fsp3) is 0.0588. The molecule has 1 aromatic heterocycles. The van der Waals surface area contributed by atoms with Crippen molar-refractivity contribution in [3.05, 3.63) is 71.4 Å². The van der Waals surface area contributed by atoms with E-state index in [0.717, 1.165) is 16.5 Å². The largest absolute Gasteiger partial charge is 0.280 e. The van der Waals surface area contributed by atoms with Gasteiger partial charge >= 0.3 is 0 Å². The number of hydrogen-bond donors (Lipinski definition) is 2. The summed E-state index contributed by atoms with van der Waals surface area (Å²) in [5, 5.41) is 7.98. The molecule has 24 heavy (non-hydrogen) atoms. The van der Waals surface area contributed by atoms with Crippen LogP contribution in [0.4, 0.5) is 5.69 Å². The third-order valence-electron chi connectivity index (χ3n) is 3.22. The number of rotatable bonds is 5. The minimum Gasteiger partial charge on any atom is -0.280 e. The van der Waals surface area contributed by atoms with Crippen LogP contribution in [-0.4, -0.2) is 23.6 Å². The molecule has 0 saturated heterocycles. The molecule has 0 unspecified atom stereocenters. The van der Waals surface area contributed by atoms with Gasteiger partial charge in [-0.3, -0.25) is 9.82 Å². The summed E-state index contributed by atoms with van der Waals surface area (Å²) in [6, 6.07) is 16.2. The van der Waals surface area contributed by atoms with Crippen LogP contribution in [-0.2, 0) is 10.0 Å². The smallest absolute Gasteiger partial charge is 0.255 e. The first kappa shape index (κ1) is 15.9. The number of anilines is 1. The van der Waals surface area contributed by atoms with Crippen molar-refractivity contribution in [2.75, 3.05) is 4.72 Å². The molecule has 0 aliphatic heterocycles. The second-order valence-electron chi connectivity index (χ2n) is 5.19. The maximum Gasteiger partial charge on any atom is 0.255 e. The van der Waals surface area contributed by atoms with Crippen molar-refractivity contribution in [3.8, 4) is 11.4 Å². The summed E-state index contributed by atoms with van der Waals surface area (Å²) in [6.07, 6.45) is 1.55. The number of hydrogen-bond acceptors (Lipinski definition) is 4. The average Bonchev–Trinajstić information content (AvgIpc) is 3.01. The first-order valence-corrected chi connectivity index (χ1v) is 8.82. The van der Waals surface area contributed by atoms with Crippen molar-refractivity contribution in [1.29, 1.82) is 0 Å². The van der Waals surface area contributed by atoms with Gasteiger partial charge in [0.15, 0.2) is 5.82 Å². The second kappa shape index (κ2) is 6.67. The molecule has 0 aliphatic rings. The first-order chi connectivity index (χ1) is 11.5. The van der Waals surface area contributed by atoms with Crippen molar-refractivity contribution in [2.24, 2.45) is 0 Å². The molecule has 1 heterocycles. The van der Waals surface area contributed by atoms with Crippen LogP contribution in [0.2, 0.25) is 0 Å². The van der Waals surface area contributed by atoms with Gasteiger partial charge < -0.3 is 0 Å². The Morgan fingerprint density at radius 2 is 1.88 bits per heavy atom. The van der Waals surface area contributed by atoms with E-state index in [2.05, 4.69) is 19.9 Å². The van der Waals surface area contributed by atoms with E-state index < -0.39 is 10.0 Å². The van der Waals surface area contributed by atoms with Crippen LogP contribution in [0.5, 0.6) is 0 Å². The highest BCUT2D eigenvalue weighted by Crippen LogP contribution is 2.20. The SMILES string of the molecule is Cc1nc(-c2cccc(NS(=O)(=O)/C=C/c3ccccc3)c2)n[nH]1. The predicted octanol–water partition coefficient (Wildman–Crippen LogP) is 3.19. The summed E-state index contributed by atoms with van der Waals surface area (Å²) in [4.78, 5) is 4.24. The molecular formula is C17H16N4O2S. The average molecular weight is 340 g/mol. The standard InChI is InChI=1S/C17H16N4O2S/c1-13-18-17(20-19-13)15-8-5-9-16(12-15)21-24(22,23)11-10-14-6-3-2-4-7-14/h2-12,21H,1H3,(H,18,19,20)/b11-10+. The molecule has 0 bridgehead atoms. The van der Waals surface area contributed by atoms with Gasteiger partial charge in [0.25, 0.3) is 10.0 Å². The Labute approximate surface area is 140 Å². The highest BCUT2D eigenvalue weighted by Gasteiger charge is 2.08. The monoisotopic (exact) mass is 340 g/mol. The molecule has 2 aromatic carbocycles. The predicted molar refractivity (Wildman–Crippen MR) is 94.6 cm³/mol. The first-order valence-electron chi connectivity index (χ1n) is 7.27. The third-order valence-corrected chi connectivity index (χ3v) is 4.23. The second-order valence-corrected chi connectivity index (χ2v) is 6.75. The minimum absolute atomic E-state index is 0.452. The zero-order valence-electron chi connectivity index (χ0n) is 13.0. The molecule has 7 heteroatoms. The highest BCUT2D eigenvalue weighted by molar-refractivity contribution is 7.95. The summed E-state index contributed by atoms with van der Waals surface area (Å²) in [6.45, 7) is 1.80. The minimum atomic E-state index is -3.61. The lowest BCUT2D eigenvalue weighted by Crippen LogP contribution is -2.08. The fourth-order valence-corrected chi connectivity index (χ4v) is 2.98. The number of aromatic amines is 1. The van der Waals surface area contributed by atoms with Crippen molar-refractivity contribution >= 4 is 21.8 Å². The Bertz CT molecular complexity index is 963. The van der Waals surface area contributed by atoms with Crippen LogP contribution >= 0.6 is 0 Å². The van der Waals surface area contributed by atoms with Gasteiger partial charge in [-0.1, -0.05) is 42.5 Å². The molecule has 0 fully saturated rings. The summed E-state index contributed by atoms with van der Waals surface area (Å²) >= 11 is 0. The number of nitrogens with one attached hydrogen (secondary N) is 2.